The first-order valence-electron chi connectivity index (χ1n) is 3.27. The van der Waals surface area contributed by atoms with Crippen LogP contribution in [0.1, 0.15) is 19.8 Å². The molecule has 62 valence electrons. The molecule has 0 saturated carbocycles. The van der Waals surface area contributed by atoms with Gasteiger partial charge in [-0.05, 0) is 19.4 Å². The SMILES string of the molecule is CCC(CCN)P(=O)(O)O. The lowest BCUT2D eigenvalue weighted by atomic mass is 10.2. The predicted molar refractivity (Wildman–Crippen MR) is 39.8 cm³/mol. The monoisotopic (exact) mass is 167 g/mol. The molecule has 0 aromatic carbocycles. The number of hydrogen-bond donors (Lipinski definition) is 3. The maximum Gasteiger partial charge on any atom is 0.328 e. The van der Waals surface area contributed by atoms with E-state index in [1.165, 1.54) is 0 Å². The van der Waals surface area contributed by atoms with Gasteiger partial charge in [0.1, 0.15) is 0 Å². The number of rotatable bonds is 4. The third-order valence-electron chi connectivity index (χ3n) is 1.45. The minimum absolute atomic E-state index is 0.337. The molecule has 0 aliphatic carbocycles. The molecule has 0 saturated heterocycles. The van der Waals surface area contributed by atoms with Crippen molar-refractivity contribution in [2.75, 3.05) is 6.54 Å². The van der Waals surface area contributed by atoms with Crippen LogP contribution in [-0.2, 0) is 4.57 Å². The van der Waals surface area contributed by atoms with E-state index in [1.54, 1.807) is 6.92 Å². The lowest BCUT2D eigenvalue weighted by Gasteiger charge is -2.14. The van der Waals surface area contributed by atoms with E-state index in [4.69, 9.17) is 15.5 Å². The van der Waals surface area contributed by atoms with Gasteiger partial charge >= 0.3 is 7.60 Å². The van der Waals surface area contributed by atoms with E-state index in [-0.39, 0.29) is 0 Å². The molecule has 0 spiro atoms. The van der Waals surface area contributed by atoms with Crippen molar-refractivity contribution >= 4 is 7.60 Å². The molecule has 0 aromatic heterocycles. The second kappa shape index (κ2) is 4.09. The summed E-state index contributed by atoms with van der Waals surface area (Å²) in [6, 6.07) is 0. The average molecular weight is 167 g/mol. The molecule has 10 heavy (non-hydrogen) atoms. The largest absolute Gasteiger partial charge is 0.330 e. The first-order valence-corrected chi connectivity index (χ1v) is 4.95. The summed E-state index contributed by atoms with van der Waals surface area (Å²) in [5.41, 5.74) is 4.61. The molecule has 0 aromatic rings. The van der Waals surface area contributed by atoms with Crippen LogP contribution in [0.25, 0.3) is 0 Å². The van der Waals surface area contributed by atoms with E-state index in [1.807, 2.05) is 0 Å². The van der Waals surface area contributed by atoms with Crippen LogP contribution in [0.15, 0.2) is 0 Å². The van der Waals surface area contributed by atoms with Gasteiger partial charge in [0.25, 0.3) is 0 Å². The smallest absolute Gasteiger partial charge is 0.328 e. The summed E-state index contributed by atoms with van der Waals surface area (Å²) in [6.07, 6.45) is 0.891. The summed E-state index contributed by atoms with van der Waals surface area (Å²) in [7, 11) is -3.87. The minimum Gasteiger partial charge on any atom is -0.330 e. The zero-order chi connectivity index (χ0) is 8.20. The molecule has 0 heterocycles. The third-order valence-corrected chi connectivity index (χ3v) is 3.02. The molecule has 4 N–H and O–H groups in total. The second-order valence-corrected chi connectivity index (χ2v) is 4.14. The highest BCUT2D eigenvalue weighted by molar-refractivity contribution is 7.52. The predicted octanol–water partition coefficient (Wildman–Crippen LogP) is 0.291. The van der Waals surface area contributed by atoms with Gasteiger partial charge in [-0.1, -0.05) is 6.92 Å². The van der Waals surface area contributed by atoms with Gasteiger partial charge < -0.3 is 15.5 Å². The molecular weight excluding hydrogens is 153 g/mol. The van der Waals surface area contributed by atoms with E-state index in [0.717, 1.165) is 0 Å². The molecule has 1 unspecified atom stereocenters. The normalized spacial score (nSPS) is 15.2. The van der Waals surface area contributed by atoms with Crippen LogP contribution in [0.3, 0.4) is 0 Å². The van der Waals surface area contributed by atoms with Crippen molar-refractivity contribution in [3.05, 3.63) is 0 Å². The Labute approximate surface area is 60.6 Å². The zero-order valence-corrected chi connectivity index (χ0v) is 6.92. The summed E-state index contributed by atoms with van der Waals surface area (Å²) in [5, 5.41) is 0. The average Bonchev–Trinajstić information content (AvgIpc) is 1.80. The lowest BCUT2D eigenvalue weighted by Crippen LogP contribution is -2.13. The van der Waals surface area contributed by atoms with Gasteiger partial charge in [-0.15, -0.1) is 0 Å². The maximum absolute atomic E-state index is 10.6. The molecule has 1 atom stereocenters. The standard InChI is InChI=1S/C5H14NO3P/c1-2-5(3-4-6)10(7,8)9/h5H,2-4,6H2,1H3,(H2,7,8,9). The van der Waals surface area contributed by atoms with Crippen LogP contribution in [0.5, 0.6) is 0 Å². The minimum atomic E-state index is -3.87. The Morgan fingerprint density at radius 1 is 1.60 bits per heavy atom. The molecule has 0 amide bonds. The molecular formula is C5H14NO3P. The molecule has 0 aliphatic rings. The topological polar surface area (TPSA) is 83.6 Å². The Kier molecular flexibility index (Phi) is 4.13. The van der Waals surface area contributed by atoms with Crippen LogP contribution in [0.4, 0.5) is 0 Å². The van der Waals surface area contributed by atoms with Crippen LogP contribution in [-0.4, -0.2) is 22.0 Å². The summed E-state index contributed by atoms with van der Waals surface area (Å²) in [4.78, 5) is 17.3. The van der Waals surface area contributed by atoms with Gasteiger partial charge in [-0.25, -0.2) is 0 Å². The highest BCUT2D eigenvalue weighted by Gasteiger charge is 2.25. The number of hydrogen-bond acceptors (Lipinski definition) is 2. The summed E-state index contributed by atoms with van der Waals surface area (Å²) >= 11 is 0. The molecule has 0 fully saturated rings. The van der Waals surface area contributed by atoms with Crippen molar-refractivity contribution in [3.63, 3.8) is 0 Å². The van der Waals surface area contributed by atoms with Gasteiger partial charge in [0.15, 0.2) is 0 Å². The van der Waals surface area contributed by atoms with Crippen molar-refractivity contribution in [3.8, 4) is 0 Å². The fourth-order valence-corrected chi connectivity index (χ4v) is 1.76. The van der Waals surface area contributed by atoms with E-state index in [0.29, 0.717) is 19.4 Å². The Bertz CT molecular complexity index is 133. The van der Waals surface area contributed by atoms with E-state index in [2.05, 4.69) is 0 Å². The zero-order valence-electron chi connectivity index (χ0n) is 6.03. The lowest BCUT2D eigenvalue weighted by molar-refractivity contribution is 0.353. The Hall–Kier alpha value is 0.110. The van der Waals surface area contributed by atoms with Gasteiger partial charge in [-0.2, -0.15) is 0 Å². The molecule has 0 rings (SSSR count). The highest BCUT2D eigenvalue weighted by Crippen LogP contribution is 2.44. The van der Waals surface area contributed by atoms with Crippen molar-refractivity contribution < 1.29 is 14.4 Å². The molecule has 0 aliphatic heterocycles. The molecule has 4 nitrogen and oxygen atoms in total. The summed E-state index contributed by atoms with van der Waals surface area (Å²) in [5.74, 6) is 0. The van der Waals surface area contributed by atoms with Crippen molar-refractivity contribution in [2.45, 2.75) is 25.4 Å². The summed E-state index contributed by atoms with van der Waals surface area (Å²) in [6.45, 7) is 2.09. The van der Waals surface area contributed by atoms with E-state index >= 15 is 0 Å². The van der Waals surface area contributed by atoms with Crippen molar-refractivity contribution in [2.24, 2.45) is 5.73 Å². The Morgan fingerprint density at radius 3 is 2.20 bits per heavy atom. The molecule has 0 radical (unpaired) electrons. The highest BCUT2D eigenvalue weighted by atomic mass is 31.2. The first kappa shape index (κ1) is 10.1. The van der Waals surface area contributed by atoms with Gasteiger partial charge in [0, 0.05) is 0 Å². The van der Waals surface area contributed by atoms with Crippen molar-refractivity contribution in [1.82, 2.24) is 0 Å². The van der Waals surface area contributed by atoms with E-state index in [9.17, 15) is 4.57 Å². The van der Waals surface area contributed by atoms with Crippen LogP contribution < -0.4 is 5.73 Å². The fourth-order valence-electron chi connectivity index (χ4n) is 0.803. The van der Waals surface area contributed by atoms with Crippen molar-refractivity contribution in [1.29, 1.82) is 0 Å². The second-order valence-electron chi connectivity index (χ2n) is 2.23. The van der Waals surface area contributed by atoms with Crippen LogP contribution in [0, 0.1) is 0 Å². The maximum atomic E-state index is 10.6. The van der Waals surface area contributed by atoms with Gasteiger partial charge in [0.05, 0.1) is 5.66 Å². The Morgan fingerprint density at radius 2 is 2.10 bits per heavy atom. The van der Waals surface area contributed by atoms with Gasteiger partial charge in [-0.3, -0.25) is 4.57 Å². The van der Waals surface area contributed by atoms with E-state index < -0.39 is 13.3 Å². The molecule has 5 heteroatoms. The van der Waals surface area contributed by atoms with Crippen LogP contribution >= 0.6 is 7.60 Å². The summed E-state index contributed by atoms with van der Waals surface area (Å²) < 4.78 is 10.6. The van der Waals surface area contributed by atoms with Gasteiger partial charge in [0.2, 0.25) is 0 Å². The molecule has 0 bridgehead atoms. The van der Waals surface area contributed by atoms with Crippen LogP contribution in [0.2, 0.25) is 0 Å². The fraction of sp³-hybridized carbons (Fsp3) is 1.00. The number of nitrogens with two attached hydrogens (primary N) is 1. The quantitative estimate of drug-likeness (QED) is 0.525. The first-order chi connectivity index (χ1) is 4.52. The third kappa shape index (κ3) is 3.32. The Balaban J connectivity index is 3.94.